The average Bonchev–Trinajstić information content (AvgIpc) is 2.79. The van der Waals surface area contributed by atoms with Gasteiger partial charge in [0.2, 0.25) is 10.0 Å². The molecule has 0 radical (unpaired) electrons. The molecule has 1 N–H and O–H groups in total. The van der Waals surface area contributed by atoms with Crippen LogP contribution in [0.2, 0.25) is 0 Å². The molecule has 1 amide bonds. The molecule has 0 bridgehead atoms. The second-order valence-electron chi connectivity index (χ2n) is 8.34. The van der Waals surface area contributed by atoms with Crippen LogP contribution in [0.15, 0.2) is 59.5 Å². The van der Waals surface area contributed by atoms with Crippen LogP contribution in [0.5, 0.6) is 0 Å². The van der Waals surface area contributed by atoms with Crippen molar-refractivity contribution in [2.75, 3.05) is 18.4 Å². The van der Waals surface area contributed by atoms with Crippen molar-refractivity contribution < 1.29 is 22.7 Å². The van der Waals surface area contributed by atoms with Gasteiger partial charge in [-0.15, -0.1) is 0 Å². The molecule has 1 fully saturated rings. The molecule has 1 aliphatic heterocycles. The summed E-state index contributed by atoms with van der Waals surface area (Å²) in [7, 11) is -3.61. The largest absolute Gasteiger partial charge is 0.452 e. The van der Waals surface area contributed by atoms with Crippen molar-refractivity contribution in [1.82, 2.24) is 4.31 Å². The molecule has 8 heteroatoms. The summed E-state index contributed by atoms with van der Waals surface area (Å²) in [6.45, 7) is 6.10. The lowest BCUT2D eigenvalue weighted by Crippen LogP contribution is -2.41. The predicted molar refractivity (Wildman–Crippen MR) is 123 cm³/mol. The van der Waals surface area contributed by atoms with Crippen LogP contribution in [-0.2, 0) is 24.3 Å². The summed E-state index contributed by atoms with van der Waals surface area (Å²) in [6.07, 6.45) is -0.228. The van der Waals surface area contributed by atoms with E-state index in [1.807, 2.05) is 18.2 Å². The molecule has 3 rings (SSSR count). The van der Waals surface area contributed by atoms with Gasteiger partial charge in [0, 0.05) is 18.8 Å². The first-order chi connectivity index (χ1) is 15.2. The Hall–Kier alpha value is -2.71. The molecule has 0 aromatic heterocycles. The molecular weight excluding hydrogens is 428 g/mol. The molecule has 7 nitrogen and oxygen atoms in total. The minimum atomic E-state index is -3.61. The maximum absolute atomic E-state index is 12.9. The van der Waals surface area contributed by atoms with Crippen LogP contribution in [0.25, 0.3) is 0 Å². The van der Waals surface area contributed by atoms with E-state index in [0.717, 1.165) is 5.56 Å². The molecule has 2 aromatic carbocycles. The number of ether oxygens (including phenoxy) is 1. The molecule has 2 aromatic rings. The maximum atomic E-state index is 12.9. The first-order valence-corrected chi connectivity index (χ1v) is 12.3. The zero-order chi connectivity index (χ0) is 23.3. The first kappa shape index (κ1) is 23.9. The standard InChI is InChI=1S/C24H30N2O5S/c1-17(2)19-9-11-22(12-10-19)32(29,30)26-15-13-20(14-16-26)24(28)31-18(3)23(27)25-21-7-5-4-6-8-21/h4-12,17-18,20H,13-16H2,1-3H3,(H,25,27). The minimum Gasteiger partial charge on any atom is -0.452 e. The van der Waals surface area contributed by atoms with Gasteiger partial charge >= 0.3 is 5.97 Å². The number of rotatable bonds is 7. The van der Waals surface area contributed by atoms with E-state index >= 15 is 0 Å². The number of hydrogen-bond acceptors (Lipinski definition) is 5. The normalized spacial score (nSPS) is 16.5. The quantitative estimate of drug-likeness (QED) is 0.638. The summed E-state index contributed by atoms with van der Waals surface area (Å²) in [5, 5.41) is 2.70. The molecule has 0 saturated carbocycles. The van der Waals surface area contributed by atoms with Gasteiger partial charge in [-0.05, 0) is 55.5 Å². The number of amides is 1. The second-order valence-corrected chi connectivity index (χ2v) is 10.3. The number of carbonyl (C=O) groups is 2. The van der Waals surface area contributed by atoms with E-state index in [1.54, 1.807) is 36.4 Å². The number of sulfonamides is 1. The second kappa shape index (κ2) is 10.3. The third-order valence-electron chi connectivity index (χ3n) is 5.68. The zero-order valence-corrected chi connectivity index (χ0v) is 19.5. The number of para-hydroxylation sites is 1. The number of esters is 1. The third-order valence-corrected chi connectivity index (χ3v) is 7.59. The van der Waals surface area contributed by atoms with Crippen molar-refractivity contribution in [3.8, 4) is 0 Å². The van der Waals surface area contributed by atoms with Crippen LogP contribution in [-0.4, -0.2) is 43.8 Å². The monoisotopic (exact) mass is 458 g/mol. The van der Waals surface area contributed by atoms with E-state index in [4.69, 9.17) is 4.74 Å². The zero-order valence-electron chi connectivity index (χ0n) is 18.7. The van der Waals surface area contributed by atoms with Crippen molar-refractivity contribution in [2.45, 2.75) is 50.5 Å². The highest BCUT2D eigenvalue weighted by Gasteiger charge is 2.34. The molecule has 1 heterocycles. The van der Waals surface area contributed by atoms with Crippen LogP contribution >= 0.6 is 0 Å². The Morgan fingerprint density at radius 3 is 2.12 bits per heavy atom. The Morgan fingerprint density at radius 2 is 1.56 bits per heavy atom. The first-order valence-electron chi connectivity index (χ1n) is 10.8. The lowest BCUT2D eigenvalue weighted by atomic mass is 9.98. The van der Waals surface area contributed by atoms with Crippen molar-refractivity contribution >= 4 is 27.6 Å². The molecule has 0 aliphatic carbocycles. The Labute approximate surface area is 189 Å². The number of carbonyl (C=O) groups excluding carboxylic acids is 2. The highest BCUT2D eigenvalue weighted by molar-refractivity contribution is 7.89. The van der Waals surface area contributed by atoms with Gasteiger partial charge < -0.3 is 10.1 Å². The number of hydrogen-bond donors (Lipinski definition) is 1. The summed E-state index contributed by atoms with van der Waals surface area (Å²) in [6, 6.07) is 15.9. The average molecular weight is 459 g/mol. The van der Waals surface area contributed by atoms with Gasteiger partial charge in [-0.3, -0.25) is 9.59 Å². The van der Waals surface area contributed by atoms with Crippen LogP contribution in [0, 0.1) is 5.92 Å². The van der Waals surface area contributed by atoms with Gasteiger partial charge in [-0.2, -0.15) is 4.31 Å². The summed E-state index contributed by atoms with van der Waals surface area (Å²) in [4.78, 5) is 25.0. The molecule has 1 saturated heterocycles. The number of nitrogens with zero attached hydrogens (tertiary/aromatic N) is 1. The van der Waals surface area contributed by atoms with Crippen LogP contribution in [0.1, 0.15) is 45.1 Å². The lowest BCUT2D eigenvalue weighted by molar-refractivity contribution is -0.158. The molecular formula is C24H30N2O5S. The summed E-state index contributed by atoms with van der Waals surface area (Å²) < 4.78 is 32.6. The van der Waals surface area contributed by atoms with Crippen molar-refractivity contribution in [2.24, 2.45) is 5.92 Å². The van der Waals surface area contributed by atoms with E-state index < -0.39 is 33.9 Å². The van der Waals surface area contributed by atoms with Gasteiger partial charge in [-0.1, -0.05) is 44.2 Å². The van der Waals surface area contributed by atoms with Gasteiger partial charge in [0.25, 0.3) is 5.91 Å². The van der Waals surface area contributed by atoms with E-state index in [0.29, 0.717) is 24.4 Å². The lowest BCUT2D eigenvalue weighted by Gasteiger charge is -2.30. The Morgan fingerprint density at radius 1 is 0.969 bits per heavy atom. The number of nitrogens with one attached hydrogen (secondary N) is 1. The molecule has 172 valence electrons. The van der Waals surface area contributed by atoms with Gasteiger partial charge in [0.1, 0.15) is 0 Å². The number of benzene rings is 2. The van der Waals surface area contributed by atoms with Gasteiger partial charge in [-0.25, -0.2) is 8.42 Å². The molecule has 0 spiro atoms. The Balaban J connectivity index is 1.53. The van der Waals surface area contributed by atoms with E-state index in [1.165, 1.54) is 11.2 Å². The maximum Gasteiger partial charge on any atom is 0.309 e. The van der Waals surface area contributed by atoms with Crippen molar-refractivity contribution in [3.63, 3.8) is 0 Å². The fourth-order valence-corrected chi connectivity index (χ4v) is 5.06. The molecule has 1 atom stereocenters. The molecule has 1 aliphatic rings. The van der Waals surface area contributed by atoms with Gasteiger partial charge in [0.05, 0.1) is 10.8 Å². The van der Waals surface area contributed by atoms with E-state index in [-0.39, 0.29) is 18.0 Å². The number of piperidine rings is 1. The predicted octanol–water partition coefficient (Wildman–Crippen LogP) is 3.78. The third kappa shape index (κ3) is 5.75. The topological polar surface area (TPSA) is 92.8 Å². The van der Waals surface area contributed by atoms with Gasteiger partial charge in [0.15, 0.2) is 6.10 Å². The SMILES string of the molecule is CC(OC(=O)C1CCN(S(=O)(=O)c2ccc(C(C)C)cc2)CC1)C(=O)Nc1ccccc1. The Bertz CT molecular complexity index is 1030. The highest BCUT2D eigenvalue weighted by atomic mass is 32.2. The van der Waals surface area contributed by atoms with Crippen LogP contribution in [0.4, 0.5) is 5.69 Å². The molecule has 1 unspecified atom stereocenters. The minimum absolute atomic E-state index is 0.235. The number of anilines is 1. The van der Waals surface area contributed by atoms with Crippen molar-refractivity contribution in [1.29, 1.82) is 0 Å². The smallest absolute Gasteiger partial charge is 0.309 e. The van der Waals surface area contributed by atoms with Crippen LogP contribution < -0.4 is 5.32 Å². The van der Waals surface area contributed by atoms with Crippen LogP contribution in [0.3, 0.4) is 0 Å². The summed E-state index contributed by atoms with van der Waals surface area (Å²) in [5.41, 5.74) is 1.70. The van der Waals surface area contributed by atoms with E-state index in [2.05, 4.69) is 19.2 Å². The summed E-state index contributed by atoms with van der Waals surface area (Å²) in [5.74, 6) is -0.990. The fourth-order valence-electron chi connectivity index (χ4n) is 3.59. The van der Waals surface area contributed by atoms with Crippen molar-refractivity contribution in [3.05, 3.63) is 60.2 Å². The Kier molecular flexibility index (Phi) is 7.69. The summed E-state index contributed by atoms with van der Waals surface area (Å²) >= 11 is 0. The molecule has 32 heavy (non-hydrogen) atoms. The highest BCUT2D eigenvalue weighted by Crippen LogP contribution is 2.26. The van der Waals surface area contributed by atoms with E-state index in [9.17, 15) is 18.0 Å². The fraction of sp³-hybridized carbons (Fsp3) is 0.417.